The van der Waals surface area contributed by atoms with Gasteiger partial charge in [-0.05, 0) is 12.8 Å². The van der Waals surface area contributed by atoms with Gasteiger partial charge >= 0.3 is 0 Å². The summed E-state index contributed by atoms with van der Waals surface area (Å²) in [5.74, 6) is -0.165. The number of nitrogens with one attached hydrogen (secondary N) is 1. The summed E-state index contributed by atoms with van der Waals surface area (Å²) < 4.78 is 19.9. The van der Waals surface area contributed by atoms with Gasteiger partial charge in [0, 0.05) is 18.2 Å². The molecule has 1 aromatic carbocycles. The van der Waals surface area contributed by atoms with Crippen LogP contribution in [0.15, 0.2) is 40.9 Å². The second kappa shape index (κ2) is 6.08. The lowest BCUT2D eigenvalue weighted by Gasteiger charge is -2.32. The number of anilines is 1. The zero-order valence-electron chi connectivity index (χ0n) is 12.3. The molecule has 118 valence electrons. The maximum atomic E-state index is 14.8. The monoisotopic (exact) mass is 314 g/mol. The Morgan fingerprint density at radius 3 is 2.96 bits per heavy atom. The van der Waals surface area contributed by atoms with Gasteiger partial charge in [-0.25, -0.2) is 4.39 Å². The number of aromatic nitrogens is 1. The summed E-state index contributed by atoms with van der Waals surface area (Å²) in [7, 11) is 0. The van der Waals surface area contributed by atoms with E-state index in [1.165, 1.54) is 4.90 Å². The highest BCUT2D eigenvalue weighted by Gasteiger charge is 2.43. The smallest absolute Gasteiger partial charge is 0.265 e. The van der Waals surface area contributed by atoms with Gasteiger partial charge in [0.2, 0.25) is 5.67 Å². The van der Waals surface area contributed by atoms with Crippen molar-refractivity contribution in [3.63, 3.8) is 0 Å². The molecule has 2 heterocycles. The van der Waals surface area contributed by atoms with Crippen LogP contribution < -0.4 is 5.32 Å². The average Bonchev–Trinajstić information content (AvgIpc) is 3.04. The summed E-state index contributed by atoms with van der Waals surface area (Å²) in [5, 5.41) is 15.1. The molecule has 0 aliphatic carbocycles. The van der Waals surface area contributed by atoms with Crippen molar-refractivity contribution >= 4 is 11.7 Å². The molecule has 0 saturated carbocycles. The molecule has 1 aromatic heterocycles. The van der Waals surface area contributed by atoms with Gasteiger partial charge in [-0.3, -0.25) is 4.79 Å². The quantitative estimate of drug-likeness (QED) is 0.880. The van der Waals surface area contributed by atoms with E-state index in [9.17, 15) is 9.18 Å². The lowest BCUT2D eigenvalue weighted by molar-refractivity contribution is -0.130. The van der Waals surface area contributed by atoms with Crippen molar-refractivity contribution < 1.29 is 13.7 Å². The molecular weight excluding hydrogens is 299 g/mol. The van der Waals surface area contributed by atoms with E-state index in [2.05, 4.69) is 10.5 Å². The van der Waals surface area contributed by atoms with Crippen LogP contribution in [0.5, 0.6) is 0 Å². The van der Waals surface area contributed by atoms with E-state index in [-0.39, 0.29) is 18.8 Å². The first kappa shape index (κ1) is 15.0. The normalized spacial score (nSPS) is 20.8. The second-order valence-corrected chi connectivity index (χ2v) is 5.49. The van der Waals surface area contributed by atoms with Gasteiger partial charge in [-0.1, -0.05) is 35.5 Å². The fourth-order valence-corrected chi connectivity index (χ4v) is 2.58. The molecule has 0 radical (unpaired) electrons. The van der Waals surface area contributed by atoms with Crippen molar-refractivity contribution in [3.8, 4) is 17.5 Å². The summed E-state index contributed by atoms with van der Waals surface area (Å²) in [4.78, 5) is 13.4. The number of carbonyl (C=O) groups excluding carboxylic acids is 1. The van der Waals surface area contributed by atoms with Crippen LogP contribution in [-0.2, 0) is 4.79 Å². The molecule has 1 amide bonds. The minimum atomic E-state index is -2.10. The lowest BCUT2D eigenvalue weighted by Crippen LogP contribution is -2.51. The molecule has 0 spiro atoms. The lowest BCUT2D eigenvalue weighted by atomic mass is 9.94. The van der Waals surface area contributed by atoms with Crippen molar-refractivity contribution in [2.24, 2.45) is 0 Å². The number of carbonyl (C=O) groups is 1. The Kier molecular flexibility index (Phi) is 3.98. The summed E-state index contributed by atoms with van der Waals surface area (Å²) in [6.07, 6.45) is 2.42. The van der Waals surface area contributed by atoms with Crippen molar-refractivity contribution in [1.29, 1.82) is 5.26 Å². The molecule has 1 N–H and O–H groups in total. The van der Waals surface area contributed by atoms with E-state index in [1.807, 2.05) is 36.5 Å². The number of alkyl halides is 1. The van der Waals surface area contributed by atoms with Crippen LogP contribution in [-0.4, -0.2) is 34.7 Å². The molecule has 6 nitrogen and oxygen atoms in total. The molecule has 0 bridgehead atoms. The fraction of sp³-hybridized carbons (Fsp3) is 0.312. The van der Waals surface area contributed by atoms with Gasteiger partial charge in [0.15, 0.2) is 17.8 Å². The van der Waals surface area contributed by atoms with E-state index in [0.29, 0.717) is 18.7 Å². The number of hydrogen-bond acceptors (Lipinski definition) is 5. The third kappa shape index (κ3) is 3.16. The molecule has 2 aromatic rings. The first-order valence-corrected chi connectivity index (χ1v) is 7.28. The van der Waals surface area contributed by atoms with Crippen molar-refractivity contribution in [3.05, 3.63) is 36.4 Å². The number of rotatable bonds is 3. The Balaban J connectivity index is 1.71. The zero-order valence-corrected chi connectivity index (χ0v) is 12.3. The molecule has 7 heteroatoms. The number of nitriles is 1. The number of hydrogen-bond donors (Lipinski definition) is 1. The predicted octanol–water partition coefficient (Wildman–Crippen LogP) is 2.57. The molecule has 1 atom stereocenters. The molecular formula is C16H15FN4O2. The molecule has 3 rings (SSSR count). The molecule has 1 aliphatic rings. The Labute approximate surface area is 132 Å². The maximum absolute atomic E-state index is 14.8. The predicted molar refractivity (Wildman–Crippen MR) is 80.8 cm³/mol. The highest BCUT2D eigenvalue weighted by molar-refractivity contribution is 5.97. The number of benzene rings is 1. The van der Waals surface area contributed by atoms with Crippen LogP contribution in [0.3, 0.4) is 0 Å². The van der Waals surface area contributed by atoms with E-state index >= 15 is 0 Å². The van der Waals surface area contributed by atoms with Crippen LogP contribution in [0, 0.1) is 11.5 Å². The molecule has 1 saturated heterocycles. The Hall–Kier alpha value is -2.88. The van der Waals surface area contributed by atoms with Crippen molar-refractivity contribution in [2.45, 2.75) is 18.5 Å². The summed E-state index contributed by atoms with van der Waals surface area (Å²) >= 11 is 0. The van der Waals surface area contributed by atoms with E-state index in [4.69, 9.17) is 9.78 Å². The maximum Gasteiger partial charge on any atom is 0.265 e. The van der Waals surface area contributed by atoms with E-state index < -0.39 is 11.6 Å². The van der Waals surface area contributed by atoms with Crippen LogP contribution in [0.25, 0.3) is 11.3 Å². The highest BCUT2D eigenvalue weighted by Crippen LogP contribution is 2.28. The van der Waals surface area contributed by atoms with Crippen LogP contribution in [0.4, 0.5) is 10.2 Å². The largest absolute Gasteiger partial charge is 0.354 e. The SMILES string of the molecule is N#CN1CCCC(F)(C(=O)Nc2cc(-c3ccccc3)on2)C1. The number of halogens is 1. The Morgan fingerprint density at radius 1 is 1.43 bits per heavy atom. The Bertz CT molecular complexity index is 740. The van der Waals surface area contributed by atoms with Gasteiger partial charge in [0.25, 0.3) is 5.91 Å². The Morgan fingerprint density at radius 2 is 2.22 bits per heavy atom. The number of amides is 1. The molecule has 1 aliphatic heterocycles. The summed E-state index contributed by atoms with van der Waals surface area (Å²) in [6.45, 7) is 0.232. The van der Waals surface area contributed by atoms with Crippen molar-refractivity contribution in [2.75, 3.05) is 18.4 Å². The van der Waals surface area contributed by atoms with Gasteiger partial charge in [-0.2, -0.15) is 5.26 Å². The first-order valence-electron chi connectivity index (χ1n) is 7.28. The number of likely N-dealkylation sites (tertiary alicyclic amines) is 1. The minimum Gasteiger partial charge on any atom is -0.354 e. The first-order chi connectivity index (χ1) is 11.1. The van der Waals surface area contributed by atoms with Crippen molar-refractivity contribution in [1.82, 2.24) is 10.1 Å². The molecule has 1 unspecified atom stereocenters. The average molecular weight is 314 g/mol. The van der Waals surface area contributed by atoms with E-state index in [0.717, 1.165) is 5.56 Å². The summed E-state index contributed by atoms with van der Waals surface area (Å²) in [5.41, 5.74) is -1.29. The highest BCUT2D eigenvalue weighted by atomic mass is 19.1. The van der Waals surface area contributed by atoms with Crippen LogP contribution in [0.2, 0.25) is 0 Å². The third-order valence-electron chi connectivity index (χ3n) is 3.80. The molecule has 23 heavy (non-hydrogen) atoms. The second-order valence-electron chi connectivity index (χ2n) is 5.49. The standard InChI is InChI=1S/C16H15FN4O2/c17-16(7-4-8-21(10-16)11-18)15(22)19-14-9-13(23-20-14)12-5-2-1-3-6-12/h1-3,5-6,9H,4,7-8,10H2,(H,19,20,22). The topological polar surface area (TPSA) is 82.2 Å². The third-order valence-corrected chi connectivity index (χ3v) is 3.80. The minimum absolute atomic E-state index is 0.0837. The zero-order chi connectivity index (χ0) is 16.3. The summed E-state index contributed by atoms with van der Waals surface area (Å²) in [6, 6.07) is 10.8. The number of piperidine rings is 1. The molecule has 1 fully saturated rings. The van der Waals surface area contributed by atoms with Gasteiger partial charge < -0.3 is 14.7 Å². The van der Waals surface area contributed by atoms with Gasteiger partial charge in [0.1, 0.15) is 0 Å². The van der Waals surface area contributed by atoms with Gasteiger partial charge in [0.05, 0.1) is 6.54 Å². The van der Waals surface area contributed by atoms with Crippen LogP contribution in [0.1, 0.15) is 12.8 Å². The van der Waals surface area contributed by atoms with Gasteiger partial charge in [-0.15, -0.1) is 0 Å². The number of nitrogens with zero attached hydrogens (tertiary/aromatic N) is 3. The van der Waals surface area contributed by atoms with Crippen LogP contribution >= 0.6 is 0 Å². The van der Waals surface area contributed by atoms with E-state index in [1.54, 1.807) is 6.07 Å². The fourth-order valence-electron chi connectivity index (χ4n) is 2.58.